The average molecular weight is 451 g/mol. The number of anilines is 1. The molecule has 0 amide bonds. The molecule has 1 saturated carbocycles. The predicted molar refractivity (Wildman–Crippen MR) is 126 cm³/mol. The SMILES string of the molecule is C[C@@H]1CN(c2cnc3nc(-c4cc(F)c5nn(C)cc5c4)cc(Cl)c3c2)C[C@@H](C2CC2)N1. The van der Waals surface area contributed by atoms with Crippen molar-refractivity contribution in [3.8, 4) is 11.3 Å². The van der Waals surface area contributed by atoms with Crippen molar-refractivity contribution < 1.29 is 4.39 Å². The molecule has 1 aromatic carbocycles. The van der Waals surface area contributed by atoms with Gasteiger partial charge >= 0.3 is 0 Å². The van der Waals surface area contributed by atoms with Crippen LogP contribution in [0.1, 0.15) is 19.8 Å². The summed E-state index contributed by atoms with van der Waals surface area (Å²) < 4.78 is 16.2. The molecule has 0 spiro atoms. The minimum Gasteiger partial charge on any atom is -0.367 e. The number of hydrogen-bond donors (Lipinski definition) is 1. The van der Waals surface area contributed by atoms with Gasteiger partial charge in [-0.2, -0.15) is 5.10 Å². The van der Waals surface area contributed by atoms with Gasteiger partial charge in [0.25, 0.3) is 0 Å². The Balaban J connectivity index is 1.37. The molecule has 2 atom stereocenters. The fraction of sp³-hybridized carbons (Fsp3) is 0.375. The van der Waals surface area contributed by atoms with Crippen LogP contribution in [0, 0.1) is 11.7 Å². The smallest absolute Gasteiger partial charge is 0.161 e. The standard InChI is InChI=1S/C24H24ClFN6/c1-13-10-32(12-22(28-13)14-3-4-14)17-7-18-19(25)8-21(29-24(18)27-9-17)15-5-16-11-31(2)30-23(16)20(26)6-15/h5-9,11,13-14,22,28H,3-4,10,12H2,1-2H3/t13-,22+/m1/s1. The van der Waals surface area contributed by atoms with Gasteiger partial charge in [-0.3, -0.25) is 4.68 Å². The number of fused-ring (bicyclic) bond motifs is 2. The lowest BCUT2D eigenvalue weighted by atomic mass is 10.1. The zero-order valence-corrected chi connectivity index (χ0v) is 18.8. The van der Waals surface area contributed by atoms with E-state index < -0.39 is 0 Å². The van der Waals surface area contributed by atoms with Gasteiger partial charge in [-0.25, -0.2) is 14.4 Å². The van der Waals surface area contributed by atoms with Crippen molar-refractivity contribution >= 4 is 39.2 Å². The molecular weight excluding hydrogens is 427 g/mol. The Labute approximate surface area is 190 Å². The number of halogens is 2. The number of rotatable bonds is 3. The second-order valence-electron chi connectivity index (χ2n) is 9.17. The summed E-state index contributed by atoms with van der Waals surface area (Å²) in [6.45, 7) is 4.15. The number of aryl methyl sites for hydroxylation is 1. The van der Waals surface area contributed by atoms with Gasteiger partial charge in [0, 0.05) is 54.8 Å². The molecule has 3 aromatic heterocycles. The highest BCUT2D eigenvalue weighted by atomic mass is 35.5. The largest absolute Gasteiger partial charge is 0.367 e. The lowest BCUT2D eigenvalue weighted by molar-refractivity contribution is 0.359. The summed E-state index contributed by atoms with van der Waals surface area (Å²) in [5.74, 6) is 0.413. The van der Waals surface area contributed by atoms with Gasteiger partial charge in [0.05, 0.1) is 22.6 Å². The quantitative estimate of drug-likeness (QED) is 0.496. The van der Waals surface area contributed by atoms with Crippen LogP contribution in [0.25, 0.3) is 33.2 Å². The molecule has 2 aliphatic rings. The van der Waals surface area contributed by atoms with Crippen LogP contribution in [0.3, 0.4) is 0 Å². The molecule has 4 heterocycles. The molecular formula is C24H24ClFN6. The normalized spacial score (nSPS) is 21.6. The summed E-state index contributed by atoms with van der Waals surface area (Å²) in [5, 5.41) is 10.00. The molecule has 8 heteroatoms. The average Bonchev–Trinajstić information content (AvgIpc) is 3.54. The molecule has 4 aromatic rings. The molecule has 2 fully saturated rings. The molecule has 1 aliphatic heterocycles. The summed E-state index contributed by atoms with van der Waals surface area (Å²) in [6, 6.07) is 8.16. The molecule has 32 heavy (non-hydrogen) atoms. The van der Waals surface area contributed by atoms with E-state index >= 15 is 0 Å². The van der Waals surface area contributed by atoms with Crippen LogP contribution in [0.5, 0.6) is 0 Å². The molecule has 1 N–H and O–H groups in total. The Morgan fingerprint density at radius 3 is 2.81 bits per heavy atom. The number of aromatic nitrogens is 4. The molecule has 0 radical (unpaired) electrons. The molecule has 0 unspecified atom stereocenters. The maximum absolute atomic E-state index is 14.6. The second-order valence-corrected chi connectivity index (χ2v) is 9.58. The van der Waals surface area contributed by atoms with Crippen LogP contribution in [0.2, 0.25) is 5.02 Å². The first-order valence-corrected chi connectivity index (χ1v) is 11.4. The van der Waals surface area contributed by atoms with Crippen molar-refractivity contribution in [1.29, 1.82) is 0 Å². The first-order valence-electron chi connectivity index (χ1n) is 11.0. The topological polar surface area (TPSA) is 58.9 Å². The van der Waals surface area contributed by atoms with Gasteiger partial charge in [-0.15, -0.1) is 0 Å². The lowest BCUT2D eigenvalue weighted by Crippen LogP contribution is -2.56. The number of piperazine rings is 1. The van der Waals surface area contributed by atoms with Crippen molar-refractivity contribution in [2.45, 2.75) is 31.8 Å². The second kappa shape index (κ2) is 7.39. The number of nitrogens with zero attached hydrogens (tertiary/aromatic N) is 5. The van der Waals surface area contributed by atoms with Crippen molar-refractivity contribution in [1.82, 2.24) is 25.1 Å². The molecule has 164 valence electrons. The molecule has 6 rings (SSSR count). The predicted octanol–water partition coefficient (Wildman–Crippen LogP) is 4.55. The van der Waals surface area contributed by atoms with Crippen LogP contribution in [-0.2, 0) is 7.05 Å². The fourth-order valence-corrected chi connectivity index (χ4v) is 5.09. The Bertz CT molecular complexity index is 1350. The van der Waals surface area contributed by atoms with Gasteiger partial charge in [-0.1, -0.05) is 11.6 Å². The maximum atomic E-state index is 14.6. The lowest BCUT2D eigenvalue weighted by Gasteiger charge is -2.39. The minimum atomic E-state index is -0.377. The molecule has 6 nitrogen and oxygen atoms in total. The highest BCUT2D eigenvalue weighted by Gasteiger charge is 2.36. The summed E-state index contributed by atoms with van der Waals surface area (Å²) in [7, 11) is 1.78. The Morgan fingerprint density at radius 1 is 1.16 bits per heavy atom. The van der Waals surface area contributed by atoms with Crippen molar-refractivity contribution in [2.75, 3.05) is 18.0 Å². The highest BCUT2D eigenvalue weighted by molar-refractivity contribution is 6.35. The highest BCUT2D eigenvalue weighted by Crippen LogP contribution is 2.36. The summed E-state index contributed by atoms with van der Waals surface area (Å²) in [6.07, 6.45) is 6.30. The first-order chi connectivity index (χ1) is 15.4. The monoisotopic (exact) mass is 450 g/mol. The summed E-state index contributed by atoms with van der Waals surface area (Å²) in [4.78, 5) is 11.7. The number of pyridine rings is 2. The third kappa shape index (κ3) is 3.49. The van der Waals surface area contributed by atoms with E-state index in [0.29, 0.717) is 39.5 Å². The van der Waals surface area contributed by atoms with E-state index in [4.69, 9.17) is 16.6 Å². The van der Waals surface area contributed by atoms with Gasteiger partial charge < -0.3 is 10.2 Å². The first kappa shape index (κ1) is 19.9. The van der Waals surface area contributed by atoms with E-state index in [1.165, 1.54) is 18.9 Å². The van der Waals surface area contributed by atoms with Gasteiger partial charge in [-0.05, 0) is 49.9 Å². The van der Waals surface area contributed by atoms with Crippen molar-refractivity contribution in [3.63, 3.8) is 0 Å². The third-order valence-corrected chi connectivity index (χ3v) is 6.85. The van der Waals surface area contributed by atoms with E-state index in [2.05, 4.69) is 33.3 Å². The van der Waals surface area contributed by atoms with E-state index in [1.807, 2.05) is 12.3 Å². The number of hydrogen-bond acceptors (Lipinski definition) is 5. The summed E-state index contributed by atoms with van der Waals surface area (Å²) in [5.41, 5.74) is 3.22. The van der Waals surface area contributed by atoms with Gasteiger partial charge in [0.1, 0.15) is 5.52 Å². The molecule has 1 aliphatic carbocycles. The van der Waals surface area contributed by atoms with Gasteiger partial charge in [0.2, 0.25) is 0 Å². The Morgan fingerprint density at radius 2 is 2.00 bits per heavy atom. The Kier molecular flexibility index (Phi) is 4.59. The van der Waals surface area contributed by atoms with E-state index in [1.54, 1.807) is 24.0 Å². The zero-order valence-electron chi connectivity index (χ0n) is 18.0. The third-order valence-electron chi connectivity index (χ3n) is 6.54. The van der Waals surface area contributed by atoms with Crippen LogP contribution >= 0.6 is 11.6 Å². The Hall–Kier alpha value is -2.77. The maximum Gasteiger partial charge on any atom is 0.161 e. The van der Waals surface area contributed by atoms with E-state index in [0.717, 1.165) is 35.5 Å². The van der Waals surface area contributed by atoms with E-state index in [9.17, 15) is 4.39 Å². The number of benzene rings is 1. The van der Waals surface area contributed by atoms with Crippen LogP contribution in [0.15, 0.2) is 36.7 Å². The zero-order chi connectivity index (χ0) is 22.0. The van der Waals surface area contributed by atoms with Crippen LogP contribution < -0.4 is 10.2 Å². The van der Waals surface area contributed by atoms with Gasteiger partial charge in [0.15, 0.2) is 11.5 Å². The minimum absolute atomic E-state index is 0.348. The van der Waals surface area contributed by atoms with Crippen molar-refractivity contribution in [2.24, 2.45) is 13.0 Å². The van der Waals surface area contributed by atoms with Crippen LogP contribution in [0.4, 0.5) is 10.1 Å². The number of nitrogens with one attached hydrogen (secondary N) is 1. The van der Waals surface area contributed by atoms with E-state index in [-0.39, 0.29) is 5.82 Å². The fourth-order valence-electron chi connectivity index (χ4n) is 4.84. The summed E-state index contributed by atoms with van der Waals surface area (Å²) >= 11 is 6.68. The molecule has 0 bridgehead atoms. The van der Waals surface area contributed by atoms with Crippen LogP contribution in [-0.4, -0.2) is 44.9 Å². The molecule has 1 saturated heterocycles. The van der Waals surface area contributed by atoms with Crippen molar-refractivity contribution in [3.05, 3.63) is 47.5 Å².